The van der Waals surface area contributed by atoms with Crippen molar-refractivity contribution in [2.75, 3.05) is 13.1 Å². The topological polar surface area (TPSA) is 41.1 Å². The van der Waals surface area contributed by atoms with E-state index in [2.05, 4.69) is 10.6 Å². The third-order valence-electron chi connectivity index (χ3n) is 3.59. The lowest BCUT2D eigenvalue weighted by Crippen LogP contribution is -2.44. The van der Waals surface area contributed by atoms with Crippen molar-refractivity contribution in [3.05, 3.63) is 34.6 Å². The molecule has 2 atom stereocenters. The number of piperidine rings is 1. The fraction of sp³-hybridized carbons (Fsp3) is 0.500. The Kier molecular flexibility index (Phi) is 4.77. The van der Waals surface area contributed by atoms with Crippen LogP contribution in [0.4, 0.5) is 4.39 Å². The lowest BCUT2D eigenvalue weighted by molar-refractivity contribution is 0.0918. The summed E-state index contributed by atoms with van der Waals surface area (Å²) in [4.78, 5) is 12.1. The van der Waals surface area contributed by atoms with E-state index in [1.54, 1.807) is 0 Å². The second-order valence-corrected chi connectivity index (χ2v) is 5.37. The van der Waals surface area contributed by atoms with E-state index in [0.717, 1.165) is 25.9 Å². The molecular formula is C14H18ClFN2O. The van der Waals surface area contributed by atoms with Crippen LogP contribution in [0.3, 0.4) is 0 Å². The van der Waals surface area contributed by atoms with Crippen LogP contribution in [0, 0.1) is 11.7 Å². The first-order chi connectivity index (χ1) is 9.09. The zero-order chi connectivity index (χ0) is 13.8. The number of nitrogens with one attached hydrogen (secondary N) is 2. The molecule has 1 amide bonds. The predicted molar refractivity (Wildman–Crippen MR) is 73.9 cm³/mol. The van der Waals surface area contributed by atoms with Gasteiger partial charge in [-0.25, -0.2) is 4.39 Å². The Labute approximate surface area is 117 Å². The Morgan fingerprint density at radius 3 is 3.00 bits per heavy atom. The van der Waals surface area contributed by atoms with Crippen molar-refractivity contribution in [3.63, 3.8) is 0 Å². The van der Waals surface area contributed by atoms with Crippen LogP contribution in [0.15, 0.2) is 18.2 Å². The Morgan fingerprint density at radius 1 is 1.58 bits per heavy atom. The largest absolute Gasteiger partial charge is 0.349 e. The number of halogens is 2. The molecular weight excluding hydrogens is 267 g/mol. The maximum atomic E-state index is 13.6. The molecule has 0 radical (unpaired) electrons. The van der Waals surface area contributed by atoms with E-state index in [0.29, 0.717) is 5.92 Å². The Hall–Kier alpha value is -1.13. The van der Waals surface area contributed by atoms with E-state index in [9.17, 15) is 9.18 Å². The highest BCUT2D eigenvalue weighted by Gasteiger charge is 2.23. The molecule has 0 bridgehead atoms. The number of hydrogen-bond donors (Lipinski definition) is 2. The van der Waals surface area contributed by atoms with Crippen molar-refractivity contribution in [3.8, 4) is 0 Å². The number of hydrogen-bond acceptors (Lipinski definition) is 2. The second-order valence-electron chi connectivity index (χ2n) is 4.97. The van der Waals surface area contributed by atoms with Gasteiger partial charge in [-0.2, -0.15) is 0 Å². The standard InChI is InChI=1S/C14H18ClFN2O/c1-9(10-4-3-7-17-8-10)18-14(19)13-11(15)5-2-6-12(13)16/h2,5-6,9-10,17H,3-4,7-8H2,1H3,(H,18,19). The Balaban J connectivity index is 2.04. The van der Waals surface area contributed by atoms with Gasteiger partial charge < -0.3 is 10.6 Å². The van der Waals surface area contributed by atoms with Crippen LogP contribution in [0.1, 0.15) is 30.1 Å². The third-order valence-corrected chi connectivity index (χ3v) is 3.91. The first-order valence-corrected chi connectivity index (χ1v) is 6.93. The minimum absolute atomic E-state index is 0.00373. The molecule has 19 heavy (non-hydrogen) atoms. The molecule has 5 heteroatoms. The average Bonchev–Trinajstić information content (AvgIpc) is 2.39. The SMILES string of the molecule is CC(NC(=O)c1c(F)cccc1Cl)C1CCCNC1. The molecule has 0 aromatic heterocycles. The van der Waals surface area contributed by atoms with Gasteiger partial charge >= 0.3 is 0 Å². The molecule has 1 fully saturated rings. The quantitative estimate of drug-likeness (QED) is 0.896. The maximum Gasteiger partial charge on any atom is 0.255 e. The van der Waals surface area contributed by atoms with Gasteiger partial charge in [0, 0.05) is 6.04 Å². The molecule has 0 spiro atoms. The van der Waals surface area contributed by atoms with E-state index in [-0.39, 0.29) is 16.6 Å². The van der Waals surface area contributed by atoms with Crippen molar-refractivity contribution < 1.29 is 9.18 Å². The van der Waals surface area contributed by atoms with Crippen LogP contribution in [0.5, 0.6) is 0 Å². The number of carbonyl (C=O) groups excluding carboxylic acids is 1. The summed E-state index contributed by atoms with van der Waals surface area (Å²) in [7, 11) is 0. The number of rotatable bonds is 3. The van der Waals surface area contributed by atoms with Gasteiger partial charge in [0.15, 0.2) is 0 Å². The number of amides is 1. The summed E-state index contributed by atoms with van der Waals surface area (Å²) in [5.74, 6) is -0.650. The molecule has 1 heterocycles. The predicted octanol–water partition coefficient (Wildman–Crippen LogP) is 2.60. The Morgan fingerprint density at radius 2 is 2.37 bits per heavy atom. The molecule has 0 saturated carbocycles. The summed E-state index contributed by atoms with van der Waals surface area (Å²) in [5, 5.41) is 6.29. The molecule has 1 aromatic carbocycles. The van der Waals surface area contributed by atoms with Gasteiger partial charge in [0.1, 0.15) is 5.82 Å². The van der Waals surface area contributed by atoms with Gasteiger partial charge in [-0.1, -0.05) is 17.7 Å². The molecule has 3 nitrogen and oxygen atoms in total. The van der Waals surface area contributed by atoms with E-state index in [1.807, 2.05) is 6.92 Å². The summed E-state index contributed by atoms with van der Waals surface area (Å²) >= 11 is 5.88. The normalized spacial score (nSPS) is 20.9. The number of benzene rings is 1. The lowest BCUT2D eigenvalue weighted by Gasteiger charge is -2.29. The van der Waals surface area contributed by atoms with E-state index >= 15 is 0 Å². The molecule has 1 aliphatic heterocycles. The van der Waals surface area contributed by atoms with E-state index in [1.165, 1.54) is 18.2 Å². The Bertz CT molecular complexity index is 441. The fourth-order valence-electron chi connectivity index (χ4n) is 2.42. The number of carbonyl (C=O) groups is 1. The molecule has 2 rings (SSSR count). The summed E-state index contributed by atoms with van der Waals surface area (Å²) < 4.78 is 13.6. The fourth-order valence-corrected chi connectivity index (χ4v) is 2.67. The van der Waals surface area contributed by atoms with Crippen molar-refractivity contribution in [2.45, 2.75) is 25.8 Å². The van der Waals surface area contributed by atoms with Gasteiger partial charge in [0.25, 0.3) is 5.91 Å². The van der Waals surface area contributed by atoms with Gasteiger partial charge in [-0.15, -0.1) is 0 Å². The first kappa shape index (κ1) is 14.3. The molecule has 2 unspecified atom stereocenters. The van der Waals surface area contributed by atoms with Crippen molar-refractivity contribution in [1.82, 2.24) is 10.6 Å². The van der Waals surface area contributed by atoms with Crippen LogP contribution >= 0.6 is 11.6 Å². The maximum absolute atomic E-state index is 13.6. The molecule has 104 valence electrons. The van der Waals surface area contributed by atoms with Crippen LogP contribution in [-0.4, -0.2) is 25.0 Å². The van der Waals surface area contributed by atoms with Crippen molar-refractivity contribution >= 4 is 17.5 Å². The molecule has 0 aliphatic carbocycles. The minimum atomic E-state index is -0.584. The zero-order valence-corrected chi connectivity index (χ0v) is 11.6. The molecule has 1 aliphatic rings. The van der Waals surface area contributed by atoms with Crippen LogP contribution in [0.25, 0.3) is 0 Å². The summed E-state index contributed by atoms with van der Waals surface area (Å²) in [5.41, 5.74) is -0.0696. The zero-order valence-electron chi connectivity index (χ0n) is 10.9. The minimum Gasteiger partial charge on any atom is -0.349 e. The van der Waals surface area contributed by atoms with E-state index < -0.39 is 11.7 Å². The smallest absolute Gasteiger partial charge is 0.255 e. The van der Waals surface area contributed by atoms with Crippen molar-refractivity contribution in [1.29, 1.82) is 0 Å². The summed E-state index contributed by atoms with van der Waals surface area (Å²) in [6, 6.07) is 4.25. The van der Waals surface area contributed by atoms with E-state index in [4.69, 9.17) is 11.6 Å². The highest BCUT2D eigenvalue weighted by atomic mass is 35.5. The highest BCUT2D eigenvalue weighted by Crippen LogP contribution is 2.20. The highest BCUT2D eigenvalue weighted by molar-refractivity contribution is 6.33. The van der Waals surface area contributed by atoms with Crippen LogP contribution in [0.2, 0.25) is 5.02 Å². The van der Waals surface area contributed by atoms with Gasteiger partial charge in [0.2, 0.25) is 0 Å². The summed E-state index contributed by atoms with van der Waals surface area (Å²) in [6.07, 6.45) is 2.17. The monoisotopic (exact) mass is 284 g/mol. The van der Waals surface area contributed by atoms with Gasteiger partial charge in [-0.3, -0.25) is 4.79 Å². The second kappa shape index (κ2) is 6.35. The molecule has 2 N–H and O–H groups in total. The third kappa shape index (κ3) is 3.45. The molecule has 1 aromatic rings. The van der Waals surface area contributed by atoms with Crippen molar-refractivity contribution in [2.24, 2.45) is 5.92 Å². The lowest BCUT2D eigenvalue weighted by atomic mass is 9.92. The summed E-state index contributed by atoms with van der Waals surface area (Å²) in [6.45, 7) is 3.85. The van der Waals surface area contributed by atoms with Gasteiger partial charge in [-0.05, 0) is 50.9 Å². The molecule has 1 saturated heterocycles. The van der Waals surface area contributed by atoms with Gasteiger partial charge in [0.05, 0.1) is 10.6 Å². The first-order valence-electron chi connectivity index (χ1n) is 6.55. The van der Waals surface area contributed by atoms with Crippen LogP contribution in [-0.2, 0) is 0 Å². The van der Waals surface area contributed by atoms with Crippen LogP contribution < -0.4 is 10.6 Å². The average molecular weight is 285 g/mol.